The molecule has 3 heterocycles. The summed E-state index contributed by atoms with van der Waals surface area (Å²) in [6, 6.07) is 10.6. The molecule has 0 spiro atoms. The summed E-state index contributed by atoms with van der Waals surface area (Å²) in [7, 11) is 0. The first-order chi connectivity index (χ1) is 11.2. The molecule has 1 atom stereocenters. The summed E-state index contributed by atoms with van der Waals surface area (Å²) in [5, 5.41) is 4.78. The molecule has 1 aromatic carbocycles. The molecule has 0 bridgehead atoms. The quantitative estimate of drug-likeness (QED) is 0.763. The van der Waals surface area contributed by atoms with Crippen LogP contribution in [0.5, 0.6) is 0 Å². The van der Waals surface area contributed by atoms with Crippen molar-refractivity contribution in [1.29, 1.82) is 0 Å². The summed E-state index contributed by atoms with van der Waals surface area (Å²) in [4.78, 5) is 4.08. The molecule has 0 amide bonds. The number of fused-ring (bicyclic) bond motifs is 1. The molecule has 0 radical (unpaired) electrons. The van der Waals surface area contributed by atoms with Crippen LogP contribution in [0.15, 0.2) is 48.8 Å². The minimum Gasteiger partial charge on any atom is -0.305 e. The maximum Gasteiger partial charge on any atom is 0.147 e. The van der Waals surface area contributed by atoms with Crippen molar-refractivity contribution in [2.75, 3.05) is 12.0 Å². The summed E-state index contributed by atoms with van der Waals surface area (Å²) in [6.07, 6.45) is 3.51. The fourth-order valence-corrected chi connectivity index (χ4v) is 2.84. The smallest absolute Gasteiger partial charge is 0.147 e. The molecule has 1 aliphatic heterocycles. The molecule has 0 fully saturated rings. The van der Waals surface area contributed by atoms with Crippen LogP contribution in [0, 0.1) is 5.82 Å². The molecule has 0 aliphatic carbocycles. The number of hydrogen-bond acceptors (Lipinski definition) is 4. The molecule has 1 unspecified atom stereocenters. The van der Waals surface area contributed by atoms with Crippen LogP contribution >= 0.6 is 0 Å². The number of nitrogens with one attached hydrogen (secondary N) is 2. The lowest BCUT2D eigenvalue weighted by molar-refractivity contribution is 0.445. The number of hydrogen-bond donors (Lipinski definition) is 2. The second kappa shape index (κ2) is 5.48. The lowest BCUT2D eigenvalue weighted by Gasteiger charge is -2.24. The van der Waals surface area contributed by atoms with Gasteiger partial charge in [0, 0.05) is 24.5 Å². The van der Waals surface area contributed by atoms with Gasteiger partial charge < -0.3 is 5.43 Å². The van der Waals surface area contributed by atoms with Crippen LogP contribution in [0.2, 0.25) is 0 Å². The molecule has 2 aromatic heterocycles. The SMILES string of the molecule is CC1CNNc2c(-c3ccncc3)c(-c3ccc(F)cc3)nn21. The van der Waals surface area contributed by atoms with Crippen LogP contribution in [0.1, 0.15) is 13.0 Å². The molecular weight excluding hydrogens is 293 g/mol. The van der Waals surface area contributed by atoms with Crippen molar-refractivity contribution in [3.63, 3.8) is 0 Å². The fraction of sp³-hybridized carbons (Fsp3) is 0.176. The summed E-state index contributed by atoms with van der Waals surface area (Å²) in [5.74, 6) is 0.658. The Kier molecular flexibility index (Phi) is 3.31. The number of nitrogens with zero attached hydrogens (tertiary/aromatic N) is 3. The Morgan fingerprint density at radius 2 is 1.83 bits per heavy atom. The van der Waals surface area contributed by atoms with Gasteiger partial charge >= 0.3 is 0 Å². The molecule has 2 N–H and O–H groups in total. The molecule has 4 rings (SSSR count). The molecular formula is C17H16FN5. The second-order valence-corrected chi connectivity index (χ2v) is 5.61. The van der Waals surface area contributed by atoms with Gasteiger partial charge in [0.15, 0.2) is 0 Å². The number of rotatable bonds is 2. The van der Waals surface area contributed by atoms with Crippen molar-refractivity contribution in [3.05, 3.63) is 54.6 Å². The van der Waals surface area contributed by atoms with Gasteiger partial charge in [-0.05, 0) is 48.9 Å². The second-order valence-electron chi connectivity index (χ2n) is 5.61. The first-order valence-corrected chi connectivity index (χ1v) is 7.52. The number of pyridine rings is 1. The van der Waals surface area contributed by atoms with Crippen LogP contribution in [-0.2, 0) is 0 Å². The van der Waals surface area contributed by atoms with E-state index in [2.05, 4.69) is 22.8 Å². The Morgan fingerprint density at radius 1 is 1.09 bits per heavy atom. The van der Waals surface area contributed by atoms with E-state index in [4.69, 9.17) is 5.10 Å². The normalized spacial score (nSPS) is 16.7. The van der Waals surface area contributed by atoms with E-state index in [9.17, 15) is 4.39 Å². The van der Waals surface area contributed by atoms with Gasteiger partial charge in [0.25, 0.3) is 0 Å². The van der Waals surface area contributed by atoms with Gasteiger partial charge in [0.2, 0.25) is 0 Å². The van der Waals surface area contributed by atoms with Crippen molar-refractivity contribution < 1.29 is 4.39 Å². The zero-order valence-electron chi connectivity index (χ0n) is 12.6. The zero-order valence-corrected chi connectivity index (χ0v) is 12.6. The van der Waals surface area contributed by atoms with Crippen LogP contribution in [0.3, 0.4) is 0 Å². The number of halogens is 1. The molecule has 5 nitrogen and oxygen atoms in total. The first-order valence-electron chi connectivity index (χ1n) is 7.52. The number of anilines is 1. The van der Waals surface area contributed by atoms with Crippen molar-refractivity contribution in [2.45, 2.75) is 13.0 Å². The Labute approximate surface area is 133 Å². The van der Waals surface area contributed by atoms with Gasteiger partial charge in [0.1, 0.15) is 17.3 Å². The van der Waals surface area contributed by atoms with Crippen LogP contribution in [0.25, 0.3) is 22.4 Å². The highest BCUT2D eigenvalue weighted by Crippen LogP contribution is 2.39. The fourth-order valence-electron chi connectivity index (χ4n) is 2.84. The Morgan fingerprint density at radius 3 is 2.57 bits per heavy atom. The standard InChI is InChI=1S/C17H16FN5/c1-11-10-20-21-17-15(12-6-8-19-9-7-12)16(22-23(11)17)13-2-4-14(18)5-3-13/h2-9,11,20-21H,10H2,1H3. The lowest BCUT2D eigenvalue weighted by atomic mass is 10.0. The van der Waals surface area contributed by atoms with Gasteiger partial charge in [-0.25, -0.2) is 14.5 Å². The largest absolute Gasteiger partial charge is 0.305 e. The summed E-state index contributed by atoms with van der Waals surface area (Å²) >= 11 is 0. The summed E-state index contributed by atoms with van der Waals surface area (Å²) < 4.78 is 15.2. The van der Waals surface area contributed by atoms with Crippen molar-refractivity contribution in [3.8, 4) is 22.4 Å². The highest BCUT2D eigenvalue weighted by Gasteiger charge is 2.25. The number of benzene rings is 1. The zero-order chi connectivity index (χ0) is 15.8. The molecule has 23 heavy (non-hydrogen) atoms. The minimum atomic E-state index is -0.253. The lowest BCUT2D eigenvalue weighted by Crippen LogP contribution is -2.36. The highest BCUT2D eigenvalue weighted by molar-refractivity contribution is 5.89. The highest BCUT2D eigenvalue weighted by atomic mass is 19.1. The van der Waals surface area contributed by atoms with E-state index in [1.165, 1.54) is 12.1 Å². The van der Waals surface area contributed by atoms with E-state index in [0.29, 0.717) is 0 Å². The van der Waals surface area contributed by atoms with E-state index in [-0.39, 0.29) is 11.9 Å². The van der Waals surface area contributed by atoms with Gasteiger partial charge in [-0.1, -0.05) is 0 Å². The van der Waals surface area contributed by atoms with Gasteiger partial charge in [-0.3, -0.25) is 4.98 Å². The number of aromatic nitrogens is 3. The molecule has 0 saturated carbocycles. The Bertz CT molecular complexity index is 826. The summed E-state index contributed by atoms with van der Waals surface area (Å²) in [6.45, 7) is 2.89. The Hall–Kier alpha value is -2.73. The average molecular weight is 309 g/mol. The molecule has 116 valence electrons. The predicted octanol–water partition coefficient (Wildman–Crippen LogP) is 3.24. The van der Waals surface area contributed by atoms with Crippen molar-refractivity contribution in [2.24, 2.45) is 0 Å². The topological polar surface area (TPSA) is 54.8 Å². The van der Waals surface area contributed by atoms with Crippen molar-refractivity contribution >= 4 is 5.82 Å². The average Bonchev–Trinajstić information content (AvgIpc) is 2.97. The van der Waals surface area contributed by atoms with Gasteiger partial charge in [-0.15, -0.1) is 0 Å². The monoisotopic (exact) mass is 309 g/mol. The third kappa shape index (κ3) is 2.37. The predicted molar refractivity (Wildman–Crippen MR) is 87.2 cm³/mol. The van der Waals surface area contributed by atoms with Gasteiger partial charge in [-0.2, -0.15) is 5.10 Å². The third-order valence-electron chi connectivity index (χ3n) is 4.02. The molecule has 3 aromatic rings. The molecule has 0 saturated heterocycles. The minimum absolute atomic E-state index is 0.223. The summed E-state index contributed by atoms with van der Waals surface area (Å²) in [5.41, 5.74) is 10.1. The van der Waals surface area contributed by atoms with Crippen LogP contribution < -0.4 is 10.9 Å². The number of hydrazine groups is 1. The van der Waals surface area contributed by atoms with Crippen molar-refractivity contribution in [1.82, 2.24) is 20.2 Å². The molecule has 6 heteroatoms. The molecule has 1 aliphatic rings. The van der Waals surface area contributed by atoms with Gasteiger partial charge in [0.05, 0.1) is 11.6 Å². The maximum absolute atomic E-state index is 13.3. The van der Waals surface area contributed by atoms with E-state index in [1.54, 1.807) is 24.5 Å². The van der Waals surface area contributed by atoms with E-state index in [1.807, 2.05) is 16.8 Å². The first kappa shape index (κ1) is 13.9. The van der Waals surface area contributed by atoms with Crippen LogP contribution in [0.4, 0.5) is 10.2 Å². The van der Waals surface area contributed by atoms with Crippen LogP contribution in [-0.4, -0.2) is 21.3 Å². The Balaban J connectivity index is 1.96. The van der Waals surface area contributed by atoms with E-state index in [0.717, 1.165) is 34.7 Å². The van der Waals surface area contributed by atoms with E-state index < -0.39 is 0 Å². The third-order valence-corrected chi connectivity index (χ3v) is 4.02. The van der Waals surface area contributed by atoms with E-state index >= 15 is 0 Å². The maximum atomic E-state index is 13.3.